The molecule has 4 atom stereocenters. The smallest absolute Gasteiger partial charge is 0.322 e. The van der Waals surface area contributed by atoms with Crippen LogP contribution in [0.2, 0.25) is 0 Å². The predicted molar refractivity (Wildman–Crippen MR) is 75.4 cm³/mol. The second kappa shape index (κ2) is 7.59. The van der Waals surface area contributed by atoms with Crippen molar-refractivity contribution in [3.63, 3.8) is 0 Å². The van der Waals surface area contributed by atoms with Gasteiger partial charge in [-0.2, -0.15) is 0 Å². The summed E-state index contributed by atoms with van der Waals surface area (Å²) in [6, 6.07) is -0.296. The third-order valence-corrected chi connectivity index (χ3v) is 3.88. The number of carboxylic acids is 1. The molecule has 2 fully saturated rings. The maximum atomic E-state index is 10.9. The SMILES string of the molecule is COC(=O)[C@@H]1C[C@@H](C)CN1.C[C@@H]1C[C@@H](C(=O)O)N(C)C1. The Kier molecular flexibility index (Phi) is 6.42. The number of methoxy groups -OCH3 is 1. The molecule has 0 aromatic rings. The third kappa shape index (κ3) is 4.76. The summed E-state index contributed by atoms with van der Waals surface area (Å²) < 4.78 is 4.58. The number of carboxylic acid groups (broad SMARTS) is 1. The van der Waals surface area contributed by atoms with Crippen molar-refractivity contribution in [3.05, 3.63) is 0 Å². The fraction of sp³-hybridized carbons (Fsp3) is 0.857. The van der Waals surface area contributed by atoms with Crippen LogP contribution in [0.25, 0.3) is 0 Å². The average Bonchev–Trinajstić information content (AvgIpc) is 2.95. The van der Waals surface area contributed by atoms with Crippen LogP contribution in [0.1, 0.15) is 26.7 Å². The zero-order chi connectivity index (χ0) is 15.3. The summed E-state index contributed by atoms with van der Waals surface area (Å²) in [5, 5.41) is 11.7. The van der Waals surface area contributed by atoms with Crippen LogP contribution in [0.3, 0.4) is 0 Å². The first-order valence-electron chi connectivity index (χ1n) is 7.09. The highest BCUT2D eigenvalue weighted by atomic mass is 16.5. The van der Waals surface area contributed by atoms with Crippen LogP contribution in [0.4, 0.5) is 0 Å². The molecular weight excluding hydrogens is 260 g/mol. The molecule has 20 heavy (non-hydrogen) atoms. The van der Waals surface area contributed by atoms with Gasteiger partial charge in [-0.25, -0.2) is 0 Å². The van der Waals surface area contributed by atoms with Crippen LogP contribution >= 0.6 is 0 Å². The van der Waals surface area contributed by atoms with Crippen molar-refractivity contribution in [2.75, 3.05) is 27.2 Å². The molecule has 6 heteroatoms. The van der Waals surface area contributed by atoms with Crippen LogP contribution in [-0.4, -0.2) is 61.3 Å². The van der Waals surface area contributed by atoms with Crippen molar-refractivity contribution in [1.29, 1.82) is 0 Å². The number of hydrogen-bond donors (Lipinski definition) is 2. The quantitative estimate of drug-likeness (QED) is 0.723. The molecule has 116 valence electrons. The van der Waals surface area contributed by atoms with Crippen molar-refractivity contribution in [1.82, 2.24) is 10.2 Å². The Hall–Kier alpha value is -1.14. The molecule has 0 amide bonds. The topological polar surface area (TPSA) is 78.9 Å². The Morgan fingerprint density at radius 1 is 1.25 bits per heavy atom. The first-order valence-corrected chi connectivity index (χ1v) is 7.09. The number of ether oxygens (including phenoxy) is 1. The molecule has 0 aromatic heterocycles. The van der Waals surface area contributed by atoms with Crippen LogP contribution in [0.5, 0.6) is 0 Å². The Bertz CT molecular complexity index is 348. The molecule has 2 N–H and O–H groups in total. The number of rotatable bonds is 2. The summed E-state index contributed by atoms with van der Waals surface area (Å²) in [7, 11) is 3.29. The van der Waals surface area contributed by atoms with E-state index in [1.807, 2.05) is 11.9 Å². The van der Waals surface area contributed by atoms with Gasteiger partial charge in [0.1, 0.15) is 12.1 Å². The molecule has 2 aliphatic heterocycles. The molecule has 0 bridgehead atoms. The van der Waals surface area contributed by atoms with Gasteiger partial charge in [0.15, 0.2) is 0 Å². The van der Waals surface area contributed by atoms with Crippen molar-refractivity contribution in [2.24, 2.45) is 11.8 Å². The Labute approximate surface area is 120 Å². The lowest BCUT2D eigenvalue weighted by Crippen LogP contribution is -2.32. The molecule has 0 radical (unpaired) electrons. The van der Waals surface area contributed by atoms with Crippen molar-refractivity contribution >= 4 is 11.9 Å². The molecule has 0 aliphatic carbocycles. The van der Waals surface area contributed by atoms with E-state index in [-0.39, 0.29) is 18.1 Å². The monoisotopic (exact) mass is 286 g/mol. The Morgan fingerprint density at radius 2 is 1.90 bits per heavy atom. The second-order valence-electron chi connectivity index (χ2n) is 5.96. The normalized spacial score (nSPS) is 33.4. The van der Waals surface area contributed by atoms with E-state index in [2.05, 4.69) is 23.9 Å². The van der Waals surface area contributed by atoms with Crippen LogP contribution < -0.4 is 5.32 Å². The van der Waals surface area contributed by atoms with Gasteiger partial charge in [-0.1, -0.05) is 13.8 Å². The minimum absolute atomic E-state index is 0.0556. The molecule has 2 rings (SSSR count). The van der Waals surface area contributed by atoms with Crippen LogP contribution in [0, 0.1) is 11.8 Å². The summed E-state index contributed by atoms with van der Waals surface area (Å²) in [5.74, 6) is 0.311. The van der Waals surface area contributed by atoms with Crippen molar-refractivity contribution in [3.8, 4) is 0 Å². The lowest BCUT2D eigenvalue weighted by molar-refractivity contribution is -0.143. The summed E-state index contributed by atoms with van der Waals surface area (Å²) in [4.78, 5) is 23.3. The third-order valence-electron chi connectivity index (χ3n) is 3.88. The second-order valence-corrected chi connectivity index (χ2v) is 5.96. The van der Waals surface area contributed by atoms with Gasteiger partial charge in [0.25, 0.3) is 0 Å². The number of nitrogens with zero attached hydrogens (tertiary/aromatic N) is 1. The summed E-state index contributed by atoms with van der Waals surface area (Å²) in [6.45, 7) is 6.05. The standard InChI is InChI=1S/2C7H13NO2/c1-5-3-6(8-4-5)7(9)10-2;1-5-3-6(7(9)10)8(2)4-5/h5-6,8H,3-4H2,1-2H3;5-6H,3-4H2,1-2H3,(H,9,10)/t2*5-,6+/m11/s1. The van der Waals surface area contributed by atoms with Gasteiger partial charge in [0.05, 0.1) is 7.11 Å². The fourth-order valence-electron chi connectivity index (χ4n) is 2.78. The summed E-state index contributed by atoms with van der Waals surface area (Å²) in [6.07, 6.45) is 1.71. The molecular formula is C14H26N2O4. The molecule has 0 spiro atoms. The van der Waals surface area contributed by atoms with Crippen LogP contribution in [-0.2, 0) is 14.3 Å². The number of likely N-dealkylation sites (N-methyl/N-ethyl adjacent to an activating group) is 1. The molecule has 2 heterocycles. The number of carbonyl (C=O) groups excluding carboxylic acids is 1. The van der Waals surface area contributed by atoms with E-state index in [1.54, 1.807) is 0 Å². The van der Waals surface area contributed by atoms with Gasteiger partial charge in [-0.15, -0.1) is 0 Å². The number of hydrogen-bond acceptors (Lipinski definition) is 5. The highest BCUT2D eigenvalue weighted by molar-refractivity contribution is 5.76. The van der Waals surface area contributed by atoms with E-state index in [9.17, 15) is 9.59 Å². The van der Waals surface area contributed by atoms with Gasteiger partial charge < -0.3 is 15.2 Å². The summed E-state index contributed by atoms with van der Waals surface area (Å²) in [5.41, 5.74) is 0. The molecule has 0 aromatic carbocycles. The zero-order valence-corrected chi connectivity index (χ0v) is 12.8. The highest BCUT2D eigenvalue weighted by Crippen LogP contribution is 2.20. The predicted octanol–water partition coefficient (Wildman–Crippen LogP) is 0.569. The van der Waals surface area contributed by atoms with E-state index in [1.165, 1.54) is 7.11 Å². The zero-order valence-electron chi connectivity index (χ0n) is 12.8. The Morgan fingerprint density at radius 3 is 2.20 bits per heavy atom. The maximum absolute atomic E-state index is 10.9. The van der Waals surface area contributed by atoms with E-state index < -0.39 is 5.97 Å². The highest BCUT2D eigenvalue weighted by Gasteiger charge is 2.31. The molecule has 0 saturated carbocycles. The van der Waals surface area contributed by atoms with Gasteiger partial charge in [0.2, 0.25) is 0 Å². The first kappa shape index (κ1) is 16.9. The number of aliphatic carboxylic acids is 1. The number of carbonyl (C=O) groups is 2. The minimum Gasteiger partial charge on any atom is -0.480 e. The number of nitrogens with one attached hydrogen (secondary N) is 1. The average molecular weight is 286 g/mol. The summed E-state index contributed by atoms with van der Waals surface area (Å²) >= 11 is 0. The number of esters is 1. The van der Waals surface area contributed by atoms with E-state index in [0.717, 1.165) is 25.9 Å². The molecule has 2 aliphatic rings. The largest absolute Gasteiger partial charge is 0.480 e. The van der Waals surface area contributed by atoms with E-state index >= 15 is 0 Å². The Balaban J connectivity index is 0.000000200. The fourth-order valence-corrected chi connectivity index (χ4v) is 2.78. The lowest BCUT2D eigenvalue weighted by atomic mass is 10.1. The maximum Gasteiger partial charge on any atom is 0.322 e. The van der Waals surface area contributed by atoms with Crippen LogP contribution in [0.15, 0.2) is 0 Å². The van der Waals surface area contributed by atoms with E-state index in [4.69, 9.17) is 5.11 Å². The minimum atomic E-state index is -0.688. The van der Waals surface area contributed by atoms with Gasteiger partial charge in [0, 0.05) is 6.54 Å². The van der Waals surface area contributed by atoms with Crippen molar-refractivity contribution in [2.45, 2.75) is 38.8 Å². The molecule has 6 nitrogen and oxygen atoms in total. The molecule has 0 unspecified atom stereocenters. The molecule has 2 saturated heterocycles. The van der Waals surface area contributed by atoms with Gasteiger partial charge >= 0.3 is 11.9 Å². The first-order chi connectivity index (χ1) is 9.35. The van der Waals surface area contributed by atoms with Gasteiger partial charge in [-0.05, 0) is 38.3 Å². The lowest BCUT2D eigenvalue weighted by Gasteiger charge is -2.13. The van der Waals surface area contributed by atoms with Crippen molar-refractivity contribution < 1.29 is 19.4 Å². The van der Waals surface area contributed by atoms with Gasteiger partial charge in [-0.3, -0.25) is 14.5 Å². The number of likely N-dealkylation sites (tertiary alicyclic amines) is 1. The van der Waals surface area contributed by atoms with E-state index in [0.29, 0.717) is 11.8 Å².